The fraction of sp³-hybridized carbons (Fsp3) is 0.444. The van der Waals surface area contributed by atoms with Crippen LogP contribution >= 0.6 is 22.5 Å². The smallest absolute Gasteiger partial charge is 0.319 e. The first-order valence-corrected chi connectivity index (χ1v) is 10.8. The highest BCUT2D eigenvalue weighted by molar-refractivity contribution is 8.68. The monoisotopic (exact) mass is 451 g/mol. The SMILES string of the molecule is O=C(Nc1cn(C2CCC(SS)CC2)nc1C(F)F)c1cccc(C(F)(F)F)c1. The Hall–Kier alpha value is -1.75. The van der Waals surface area contributed by atoms with Crippen molar-refractivity contribution in [2.45, 2.75) is 49.6 Å². The van der Waals surface area contributed by atoms with Crippen LogP contribution in [0.4, 0.5) is 27.6 Å². The molecule has 1 heterocycles. The summed E-state index contributed by atoms with van der Waals surface area (Å²) in [5.74, 6) is -0.910. The van der Waals surface area contributed by atoms with Gasteiger partial charge >= 0.3 is 6.18 Å². The molecule has 0 aliphatic heterocycles. The number of anilines is 1. The highest BCUT2D eigenvalue weighted by Gasteiger charge is 2.31. The lowest BCUT2D eigenvalue weighted by Gasteiger charge is -2.27. The van der Waals surface area contributed by atoms with Crippen molar-refractivity contribution in [1.29, 1.82) is 0 Å². The van der Waals surface area contributed by atoms with E-state index >= 15 is 0 Å². The van der Waals surface area contributed by atoms with E-state index < -0.39 is 29.8 Å². The number of rotatable bonds is 5. The van der Waals surface area contributed by atoms with Crippen LogP contribution in [0.3, 0.4) is 0 Å². The van der Waals surface area contributed by atoms with Crippen LogP contribution in [0.1, 0.15) is 59.8 Å². The van der Waals surface area contributed by atoms with Crippen molar-refractivity contribution < 1.29 is 26.7 Å². The number of nitrogens with zero attached hydrogens (tertiary/aromatic N) is 2. The van der Waals surface area contributed by atoms with E-state index in [2.05, 4.69) is 22.1 Å². The summed E-state index contributed by atoms with van der Waals surface area (Å²) >= 11 is 4.20. The summed E-state index contributed by atoms with van der Waals surface area (Å²) in [6.07, 6.45) is -3.00. The van der Waals surface area contributed by atoms with E-state index in [0.717, 1.165) is 37.8 Å². The second-order valence-corrected chi connectivity index (χ2v) is 8.29. The standard InChI is InChI=1S/C18H18F5N3OS2/c19-16(20)15-14(9-26(25-15)12-4-6-13(29-28)7-5-12)24-17(27)10-2-1-3-11(8-10)18(21,22)23/h1-3,8-9,12-13,16,28H,4-7H2,(H,24,27). The Kier molecular flexibility index (Phi) is 6.77. The van der Waals surface area contributed by atoms with Crippen LogP contribution in [0.5, 0.6) is 0 Å². The van der Waals surface area contributed by atoms with E-state index in [1.54, 1.807) is 0 Å². The van der Waals surface area contributed by atoms with Gasteiger partial charge in [-0.25, -0.2) is 8.78 Å². The molecule has 158 valence electrons. The van der Waals surface area contributed by atoms with E-state index in [1.165, 1.54) is 27.7 Å². The van der Waals surface area contributed by atoms with E-state index in [4.69, 9.17) is 0 Å². The first-order chi connectivity index (χ1) is 13.7. The molecule has 1 aromatic carbocycles. The molecule has 1 fully saturated rings. The van der Waals surface area contributed by atoms with Crippen molar-refractivity contribution in [1.82, 2.24) is 9.78 Å². The molecular formula is C18H18F5N3OS2. The topological polar surface area (TPSA) is 46.9 Å². The number of thiol groups is 1. The van der Waals surface area contributed by atoms with Crippen LogP contribution in [0.25, 0.3) is 0 Å². The summed E-state index contributed by atoms with van der Waals surface area (Å²) in [7, 11) is 1.47. The summed E-state index contributed by atoms with van der Waals surface area (Å²) < 4.78 is 66.8. The lowest BCUT2D eigenvalue weighted by Crippen LogP contribution is -2.19. The average molecular weight is 451 g/mol. The predicted octanol–water partition coefficient (Wildman–Crippen LogP) is 6.15. The quantitative estimate of drug-likeness (QED) is 0.326. The number of carbonyl (C=O) groups is 1. The number of carbonyl (C=O) groups excluding carboxylic acids is 1. The average Bonchev–Trinajstić information content (AvgIpc) is 3.11. The molecule has 2 aromatic rings. The third-order valence-corrected chi connectivity index (χ3v) is 6.50. The molecule has 0 bridgehead atoms. The van der Waals surface area contributed by atoms with Gasteiger partial charge in [0.25, 0.3) is 12.3 Å². The first-order valence-electron chi connectivity index (χ1n) is 8.85. The van der Waals surface area contributed by atoms with Crippen LogP contribution in [-0.2, 0) is 6.18 Å². The van der Waals surface area contributed by atoms with Crippen molar-refractivity contribution >= 4 is 34.0 Å². The third-order valence-electron chi connectivity index (χ3n) is 4.83. The minimum absolute atomic E-state index is 0.0801. The Morgan fingerprint density at radius 2 is 1.93 bits per heavy atom. The maximum atomic E-state index is 13.4. The van der Waals surface area contributed by atoms with Crippen LogP contribution in [0.2, 0.25) is 0 Å². The largest absolute Gasteiger partial charge is 0.416 e. The second-order valence-electron chi connectivity index (χ2n) is 6.78. The maximum absolute atomic E-state index is 13.4. The van der Waals surface area contributed by atoms with Crippen molar-refractivity contribution in [2.75, 3.05) is 5.32 Å². The predicted molar refractivity (Wildman–Crippen MR) is 104 cm³/mol. The molecule has 0 saturated heterocycles. The lowest BCUT2D eigenvalue weighted by molar-refractivity contribution is -0.137. The second kappa shape index (κ2) is 8.95. The zero-order valence-electron chi connectivity index (χ0n) is 15.0. The number of alkyl halides is 5. The zero-order chi connectivity index (χ0) is 21.2. The number of benzene rings is 1. The number of amides is 1. The van der Waals surface area contributed by atoms with E-state index in [1.807, 2.05) is 0 Å². The Morgan fingerprint density at radius 1 is 1.24 bits per heavy atom. The van der Waals surface area contributed by atoms with Crippen LogP contribution < -0.4 is 5.32 Å². The van der Waals surface area contributed by atoms with Crippen molar-refractivity contribution in [3.8, 4) is 0 Å². The molecule has 1 aliphatic rings. The molecule has 1 saturated carbocycles. The van der Waals surface area contributed by atoms with Gasteiger partial charge in [-0.05, 0) is 43.9 Å². The minimum atomic E-state index is -4.61. The van der Waals surface area contributed by atoms with Gasteiger partial charge in [0.2, 0.25) is 0 Å². The summed E-state index contributed by atoms with van der Waals surface area (Å²) in [6, 6.07) is 3.71. The van der Waals surface area contributed by atoms with Gasteiger partial charge in [-0.1, -0.05) is 16.9 Å². The molecule has 4 nitrogen and oxygen atoms in total. The van der Waals surface area contributed by atoms with Gasteiger partial charge in [-0.15, -0.1) is 11.7 Å². The van der Waals surface area contributed by atoms with Crippen LogP contribution in [0.15, 0.2) is 30.5 Å². The Balaban J connectivity index is 1.80. The highest BCUT2D eigenvalue weighted by atomic mass is 33.1. The molecular weight excluding hydrogens is 433 g/mol. The summed E-state index contributed by atoms with van der Waals surface area (Å²) in [5, 5.41) is 6.62. The number of aromatic nitrogens is 2. The Morgan fingerprint density at radius 3 is 2.52 bits per heavy atom. The third kappa shape index (κ3) is 5.25. The van der Waals surface area contributed by atoms with Gasteiger partial charge in [0.1, 0.15) is 0 Å². The molecule has 1 aliphatic carbocycles. The van der Waals surface area contributed by atoms with Gasteiger partial charge in [0.05, 0.1) is 17.3 Å². The molecule has 0 spiro atoms. The van der Waals surface area contributed by atoms with Crippen LogP contribution in [-0.4, -0.2) is 20.9 Å². The van der Waals surface area contributed by atoms with Crippen molar-refractivity contribution in [3.05, 3.63) is 47.3 Å². The molecule has 29 heavy (non-hydrogen) atoms. The van der Waals surface area contributed by atoms with Gasteiger partial charge < -0.3 is 5.32 Å². The van der Waals surface area contributed by atoms with Crippen molar-refractivity contribution in [2.24, 2.45) is 0 Å². The Labute approximate surface area is 173 Å². The van der Waals surface area contributed by atoms with Gasteiger partial charge in [-0.2, -0.15) is 18.3 Å². The highest BCUT2D eigenvalue weighted by Crippen LogP contribution is 2.37. The number of halogens is 5. The molecule has 1 amide bonds. The Bertz CT molecular complexity index is 863. The number of nitrogens with one attached hydrogen (secondary N) is 1. The van der Waals surface area contributed by atoms with Gasteiger partial charge in [0, 0.05) is 17.0 Å². The molecule has 1 aromatic heterocycles. The van der Waals surface area contributed by atoms with Gasteiger partial charge in [0.15, 0.2) is 5.69 Å². The minimum Gasteiger partial charge on any atom is -0.319 e. The summed E-state index contributed by atoms with van der Waals surface area (Å²) in [6.45, 7) is 0. The summed E-state index contributed by atoms with van der Waals surface area (Å²) in [5.41, 5.74) is -2.07. The summed E-state index contributed by atoms with van der Waals surface area (Å²) in [4.78, 5) is 12.4. The number of hydrogen-bond acceptors (Lipinski definition) is 4. The number of hydrogen-bond donors (Lipinski definition) is 2. The van der Waals surface area contributed by atoms with E-state index in [-0.39, 0.29) is 17.3 Å². The molecule has 11 heteroatoms. The normalized spacial score (nSPS) is 20.1. The van der Waals surface area contributed by atoms with E-state index in [9.17, 15) is 26.7 Å². The lowest BCUT2D eigenvalue weighted by atomic mass is 9.95. The fourth-order valence-electron chi connectivity index (χ4n) is 3.30. The van der Waals surface area contributed by atoms with Gasteiger partial charge in [-0.3, -0.25) is 9.48 Å². The van der Waals surface area contributed by atoms with Crippen LogP contribution in [0, 0.1) is 0 Å². The maximum Gasteiger partial charge on any atom is 0.416 e. The molecule has 3 rings (SSSR count). The fourth-order valence-corrected chi connectivity index (χ4v) is 4.41. The molecule has 0 atom stereocenters. The molecule has 1 N–H and O–H groups in total. The van der Waals surface area contributed by atoms with E-state index in [0.29, 0.717) is 11.3 Å². The zero-order valence-corrected chi connectivity index (χ0v) is 16.7. The molecule has 0 unspecified atom stereocenters. The first kappa shape index (κ1) is 21.9. The van der Waals surface area contributed by atoms with Crippen molar-refractivity contribution in [3.63, 3.8) is 0 Å². The molecule has 0 radical (unpaired) electrons.